The maximum absolute atomic E-state index is 12.9. The molecule has 0 aliphatic heterocycles. The highest BCUT2D eigenvalue weighted by Crippen LogP contribution is 2.14. The van der Waals surface area contributed by atoms with Crippen LogP contribution in [0.15, 0.2) is 49.5 Å². The molecule has 0 radical (unpaired) electrons. The monoisotopic (exact) mass is 369 g/mol. The van der Waals surface area contributed by atoms with E-state index in [-0.39, 0.29) is 30.0 Å². The van der Waals surface area contributed by atoms with Gasteiger partial charge in [-0.15, -0.1) is 0 Å². The van der Waals surface area contributed by atoms with E-state index in [2.05, 4.69) is 9.98 Å². The first-order chi connectivity index (χ1) is 12.7. The fraction of sp³-hybridized carbons (Fsp3) is 0.429. The van der Waals surface area contributed by atoms with Crippen LogP contribution in [0.4, 0.5) is 0 Å². The zero-order valence-electron chi connectivity index (χ0n) is 16.8. The first kappa shape index (κ1) is 20.6. The molecule has 2 aromatic rings. The maximum atomic E-state index is 12.9. The standard InChI is InChI=1S/C21H27N3O3/c1-13(2)22-21(23-14(3)4)24(15(5)6)12-18(25)17-11-16-9-7-8-10-19(16)27-20(17)26/h7-11,13,15H,12H2,1-6H3/b22-21-. The predicted octanol–water partition coefficient (Wildman–Crippen LogP) is 3.93. The smallest absolute Gasteiger partial charge is 0.347 e. The third-order valence-corrected chi connectivity index (χ3v) is 3.83. The van der Waals surface area contributed by atoms with Gasteiger partial charge < -0.3 is 9.32 Å². The number of fused-ring (bicyclic) bond motifs is 1. The molecule has 0 saturated heterocycles. The van der Waals surface area contributed by atoms with Crippen molar-refractivity contribution in [1.82, 2.24) is 4.90 Å². The van der Waals surface area contributed by atoms with Crippen LogP contribution in [0.3, 0.4) is 0 Å². The lowest BCUT2D eigenvalue weighted by molar-refractivity contribution is 0.0948. The van der Waals surface area contributed by atoms with E-state index in [4.69, 9.17) is 4.42 Å². The van der Waals surface area contributed by atoms with Crippen molar-refractivity contribution in [3.63, 3.8) is 0 Å². The molecule has 0 unspecified atom stereocenters. The van der Waals surface area contributed by atoms with E-state index < -0.39 is 5.63 Å². The molecule has 1 heterocycles. The number of hydrogen-bond donors (Lipinski definition) is 0. The molecule has 6 heteroatoms. The summed E-state index contributed by atoms with van der Waals surface area (Å²) in [4.78, 5) is 36.0. The summed E-state index contributed by atoms with van der Waals surface area (Å²) < 4.78 is 5.29. The number of guanidine groups is 1. The highest BCUT2D eigenvalue weighted by molar-refractivity contribution is 6.02. The summed E-state index contributed by atoms with van der Waals surface area (Å²) in [6.07, 6.45) is 0. The molecule has 0 spiro atoms. The van der Waals surface area contributed by atoms with Crippen molar-refractivity contribution in [2.45, 2.75) is 53.6 Å². The number of nitrogens with zero attached hydrogens (tertiary/aromatic N) is 3. The van der Waals surface area contributed by atoms with Crippen molar-refractivity contribution in [2.75, 3.05) is 6.54 Å². The van der Waals surface area contributed by atoms with Gasteiger partial charge in [0.15, 0.2) is 5.78 Å². The Kier molecular flexibility index (Phi) is 6.66. The lowest BCUT2D eigenvalue weighted by Gasteiger charge is -2.27. The summed E-state index contributed by atoms with van der Waals surface area (Å²) in [6.45, 7) is 11.6. The van der Waals surface area contributed by atoms with Crippen LogP contribution >= 0.6 is 0 Å². The molecule has 27 heavy (non-hydrogen) atoms. The summed E-state index contributed by atoms with van der Waals surface area (Å²) in [7, 11) is 0. The van der Waals surface area contributed by atoms with Crippen molar-refractivity contribution < 1.29 is 9.21 Å². The molecule has 0 saturated carbocycles. The normalized spacial score (nSPS) is 11.9. The van der Waals surface area contributed by atoms with E-state index >= 15 is 0 Å². The Morgan fingerprint density at radius 2 is 1.81 bits per heavy atom. The van der Waals surface area contributed by atoms with Crippen molar-refractivity contribution in [2.24, 2.45) is 9.98 Å². The van der Waals surface area contributed by atoms with E-state index in [0.717, 1.165) is 11.1 Å². The third kappa shape index (κ3) is 5.36. The number of carbonyl (C=O) groups is 1. The van der Waals surface area contributed by atoms with Crippen molar-refractivity contribution in [3.8, 4) is 0 Å². The predicted molar refractivity (Wildman–Crippen MR) is 110 cm³/mol. The largest absolute Gasteiger partial charge is 0.422 e. The number of aliphatic imine (C=N–C) groups is 2. The van der Waals surface area contributed by atoms with Crippen molar-refractivity contribution >= 4 is 28.4 Å². The minimum atomic E-state index is -0.625. The van der Waals surface area contributed by atoms with E-state index in [9.17, 15) is 9.59 Å². The third-order valence-electron chi connectivity index (χ3n) is 3.83. The highest BCUT2D eigenvalue weighted by atomic mass is 16.4. The Labute approximate surface area is 159 Å². The van der Waals surface area contributed by atoms with E-state index in [1.807, 2.05) is 58.6 Å². The summed E-state index contributed by atoms with van der Waals surface area (Å²) in [5, 5.41) is 0.718. The molecule has 144 valence electrons. The van der Waals surface area contributed by atoms with Crippen LogP contribution in [0, 0.1) is 0 Å². The Morgan fingerprint density at radius 1 is 1.15 bits per heavy atom. The molecule has 0 bridgehead atoms. The van der Waals surface area contributed by atoms with Crippen molar-refractivity contribution in [1.29, 1.82) is 0 Å². The van der Waals surface area contributed by atoms with Gasteiger partial charge in [0.2, 0.25) is 5.96 Å². The number of benzene rings is 1. The SMILES string of the molecule is CC(C)=N/C(=N/C(C)C)N(CC(=O)c1cc2ccccc2oc1=O)C(C)C. The average Bonchev–Trinajstić information content (AvgIpc) is 2.57. The molecular formula is C21H27N3O3. The zero-order chi connectivity index (χ0) is 20.1. The second kappa shape index (κ2) is 8.75. The number of hydrogen-bond acceptors (Lipinski definition) is 4. The minimum Gasteiger partial charge on any atom is -0.422 e. The van der Waals surface area contributed by atoms with Crippen LogP contribution < -0.4 is 5.63 Å². The number of para-hydroxylation sites is 1. The van der Waals surface area contributed by atoms with Gasteiger partial charge in [-0.05, 0) is 53.7 Å². The van der Waals surface area contributed by atoms with E-state index in [1.165, 1.54) is 0 Å². The second-order valence-corrected chi connectivity index (χ2v) is 7.21. The number of ketones is 1. The van der Waals surface area contributed by atoms with Crippen LogP contribution in [0.1, 0.15) is 51.9 Å². The van der Waals surface area contributed by atoms with Crippen LogP contribution in [-0.4, -0.2) is 41.0 Å². The number of Topliss-reactive ketones (excluding diaryl/α,β-unsaturated/α-hetero) is 1. The molecule has 0 N–H and O–H groups in total. The molecule has 0 fully saturated rings. The first-order valence-electron chi connectivity index (χ1n) is 9.11. The molecule has 1 aromatic heterocycles. The lowest BCUT2D eigenvalue weighted by atomic mass is 10.1. The van der Waals surface area contributed by atoms with Crippen LogP contribution in [0.5, 0.6) is 0 Å². The minimum absolute atomic E-state index is 0.00308. The Bertz CT molecular complexity index is 935. The van der Waals surface area contributed by atoms with Gasteiger partial charge in [0.25, 0.3) is 0 Å². The van der Waals surface area contributed by atoms with Crippen LogP contribution in [-0.2, 0) is 0 Å². The lowest BCUT2D eigenvalue weighted by Crippen LogP contribution is -2.41. The Hall–Kier alpha value is -2.76. The van der Waals surface area contributed by atoms with Crippen molar-refractivity contribution in [3.05, 3.63) is 46.3 Å². The zero-order valence-corrected chi connectivity index (χ0v) is 16.8. The highest BCUT2D eigenvalue weighted by Gasteiger charge is 2.22. The summed E-state index contributed by atoms with van der Waals surface area (Å²) in [5.74, 6) is 0.183. The molecule has 0 atom stereocenters. The maximum Gasteiger partial charge on any atom is 0.347 e. The first-order valence-corrected chi connectivity index (χ1v) is 9.11. The molecule has 0 aliphatic carbocycles. The van der Waals surface area contributed by atoms with Crippen LogP contribution in [0.2, 0.25) is 0 Å². The average molecular weight is 369 g/mol. The van der Waals surface area contributed by atoms with Gasteiger partial charge in [0.1, 0.15) is 11.1 Å². The fourth-order valence-corrected chi connectivity index (χ4v) is 2.58. The van der Waals surface area contributed by atoms with Gasteiger partial charge in [-0.1, -0.05) is 18.2 Å². The molecule has 1 aromatic carbocycles. The topological polar surface area (TPSA) is 75.2 Å². The van der Waals surface area contributed by atoms with Gasteiger partial charge in [0, 0.05) is 23.2 Å². The molecular weight excluding hydrogens is 342 g/mol. The number of rotatable bonds is 5. The van der Waals surface area contributed by atoms with Gasteiger partial charge in [-0.3, -0.25) is 4.79 Å². The molecule has 2 rings (SSSR count). The van der Waals surface area contributed by atoms with Gasteiger partial charge in [-0.25, -0.2) is 14.8 Å². The molecule has 6 nitrogen and oxygen atoms in total. The molecule has 0 aliphatic rings. The number of carbonyl (C=O) groups excluding carboxylic acids is 1. The summed E-state index contributed by atoms with van der Waals surface area (Å²) >= 11 is 0. The summed E-state index contributed by atoms with van der Waals surface area (Å²) in [5.41, 5.74) is 0.728. The Morgan fingerprint density at radius 3 is 2.41 bits per heavy atom. The van der Waals surface area contributed by atoms with Gasteiger partial charge in [-0.2, -0.15) is 0 Å². The fourth-order valence-electron chi connectivity index (χ4n) is 2.58. The summed E-state index contributed by atoms with van der Waals surface area (Å²) in [6, 6.07) is 8.75. The quantitative estimate of drug-likeness (QED) is 0.346. The second-order valence-electron chi connectivity index (χ2n) is 7.21. The van der Waals surface area contributed by atoms with Gasteiger partial charge in [0.05, 0.1) is 6.54 Å². The van der Waals surface area contributed by atoms with E-state index in [1.54, 1.807) is 18.2 Å². The Balaban J connectivity index is 2.41. The van der Waals surface area contributed by atoms with Crippen LogP contribution in [0.25, 0.3) is 11.0 Å². The van der Waals surface area contributed by atoms with E-state index in [0.29, 0.717) is 11.5 Å². The molecule has 0 amide bonds. The van der Waals surface area contributed by atoms with Gasteiger partial charge >= 0.3 is 5.63 Å².